The molecule has 29 heavy (non-hydrogen) atoms. The molecule has 0 unspecified atom stereocenters. The van der Waals surface area contributed by atoms with E-state index >= 15 is 0 Å². The van der Waals surface area contributed by atoms with Crippen molar-refractivity contribution in [3.05, 3.63) is 59.9 Å². The number of hydrogen-bond donors (Lipinski definition) is 2. The van der Waals surface area contributed by atoms with E-state index in [0.29, 0.717) is 25.5 Å². The van der Waals surface area contributed by atoms with Crippen LogP contribution in [0.2, 0.25) is 0 Å². The van der Waals surface area contributed by atoms with Crippen molar-refractivity contribution in [2.75, 3.05) is 25.4 Å². The number of piperazine rings is 1. The van der Waals surface area contributed by atoms with Crippen LogP contribution in [0.4, 0.5) is 5.82 Å². The second-order valence-electron chi connectivity index (χ2n) is 7.09. The fraction of sp³-hybridized carbons (Fsp3) is 0.238. The van der Waals surface area contributed by atoms with Crippen LogP contribution >= 0.6 is 0 Å². The SMILES string of the molecule is Nc1ncnc2cc(CN3CCN(C(=O)Cc4cccc(O)c4)CC3=O)ccc12. The maximum absolute atomic E-state index is 12.6. The molecule has 0 aliphatic carbocycles. The molecule has 1 aliphatic rings. The summed E-state index contributed by atoms with van der Waals surface area (Å²) in [6, 6.07) is 12.3. The number of nitrogen functional groups attached to an aromatic ring is 1. The molecular weight excluding hydrogens is 370 g/mol. The highest BCUT2D eigenvalue weighted by molar-refractivity contribution is 5.89. The maximum Gasteiger partial charge on any atom is 0.242 e. The first-order valence-electron chi connectivity index (χ1n) is 9.32. The van der Waals surface area contributed by atoms with E-state index in [1.807, 2.05) is 18.2 Å². The van der Waals surface area contributed by atoms with Crippen LogP contribution in [0.5, 0.6) is 5.75 Å². The van der Waals surface area contributed by atoms with Gasteiger partial charge in [0.2, 0.25) is 11.8 Å². The molecule has 0 atom stereocenters. The monoisotopic (exact) mass is 391 g/mol. The second kappa shape index (κ2) is 7.75. The number of nitrogens with zero attached hydrogens (tertiary/aromatic N) is 4. The molecule has 1 fully saturated rings. The summed E-state index contributed by atoms with van der Waals surface area (Å²) in [7, 11) is 0. The van der Waals surface area contributed by atoms with Gasteiger partial charge in [-0.25, -0.2) is 9.97 Å². The summed E-state index contributed by atoms with van der Waals surface area (Å²) in [5.41, 5.74) is 8.26. The maximum atomic E-state index is 12.6. The third-order valence-electron chi connectivity index (χ3n) is 5.04. The zero-order valence-electron chi connectivity index (χ0n) is 15.8. The number of carbonyl (C=O) groups is 2. The van der Waals surface area contributed by atoms with Gasteiger partial charge in [-0.2, -0.15) is 0 Å². The lowest BCUT2D eigenvalue weighted by Gasteiger charge is -2.34. The van der Waals surface area contributed by atoms with Crippen molar-refractivity contribution in [1.29, 1.82) is 0 Å². The van der Waals surface area contributed by atoms with E-state index in [9.17, 15) is 14.7 Å². The third-order valence-corrected chi connectivity index (χ3v) is 5.04. The first-order chi connectivity index (χ1) is 14.0. The number of carbonyl (C=O) groups excluding carboxylic acids is 2. The summed E-state index contributed by atoms with van der Waals surface area (Å²) in [5, 5.41) is 10.3. The highest BCUT2D eigenvalue weighted by Crippen LogP contribution is 2.20. The fourth-order valence-corrected chi connectivity index (χ4v) is 3.48. The highest BCUT2D eigenvalue weighted by Gasteiger charge is 2.27. The zero-order valence-corrected chi connectivity index (χ0v) is 15.8. The summed E-state index contributed by atoms with van der Waals surface area (Å²) >= 11 is 0. The summed E-state index contributed by atoms with van der Waals surface area (Å²) in [5.74, 6) is 0.333. The number of rotatable bonds is 4. The normalized spacial score (nSPS) is 14.4. The van der Waals surface area contributed by atoms with Crippen molar-refractivity contribution in [2.24, 2.45) is 0 Å². The van der Waals surface area contributed by atoms with E-state index < -0.39 is 0 Å². The average Bonchev–Trinajstić information content (AvgIpc) is 2.69. The first kappa shape index (κ1) is 18.7. The van der Waals surface area contributed by atoms with Crippen LogP contribution in [0.3, 0.4) is 0 Å². The molecule has 2 heterocycles. The quantitative estimate of drug-likeness (QED) is 0.694. The molecule has 1 saturated heterocycles. The smallest absolute Gasteiger partial charge is 0.242 e. The predicted molar refractivity (Wildman–Crippen MR) is 108 cm³/mol. The van der Waals surface area contributed by atoms with Gasteiger partial charge in [-0.1, -0.05) is 18.2 Å². The first-order valence-corrected chi connectivity index (χ1v) is 9.32. The summed E-state index contributed by atoms with van der Waals surface area (Å²) < 4.78 is 0. The van der Waals surface area contributed by atoms with Crippen LogP contribution in [0.25, 0.3) is 10.9 Å². The van der Waals surface area contributed by atoms with E-state index in [0.717, 1.165) is 22.0 Å². The predicted octanol–water partition coefficient (Wildman–Crippen LogP) is 1.33. The van der Waals surface area contributed by atoms with Gasteiger partial charge < -0.3 is 20.6 Å². The number of hydrogen-bond acceptors (Lipinski definition) is 6. The summed E-state index contributed by atoms with van der Waals surface area (Å²) in [4.78, 5) is 36.6. The van der Waals surface area contributed by atoms with Crippen LogP contribution < -0.4 is 5.73 Å². The molecule has 148 valence electrons. The van der Waals surface area contributed by atoms with Crippen LogP contribution in [-0.4, -0.2) is 56.3 Å². The number of phenols is 1. The second-order valence-corrected chi connectivity index (χ2v) is 7.09. The third kappa shape index (κ3) is 4.11. The van der Waals surface area contributed by atoms with Crippen molar-refractivity contribution < 1.29 is 14.7 Å². The Morgan fingerprint density at radius 1 is 1.10 bits per heavy atom. The fourth-order valence-electron chi connectivity index (χ4n) is 3.48. The Morgan fingerprint density at radius 2 is 1.97 bits per heavy atom. The lowest BCUT2D eigenvalue weighted by molar-refractivity contribution is -0.145. The van der Waals surface area contributed by atoms with Crippen LogP contribution in [0.1, 0.15) is 11.1 Å². The lowest BCUT2D eigenvalue weighted by atomic mass is 10.1. The number of aromatic nitrogens is 2. The molecule has 8 nitrogen and oxygen atoms in total. The van der Waals surface area contributed by atoms with Gasteiger partial charge in [0.25, 0.3) is 0 Å². The molecule has 8 heteroatoms. The van der Waals surface area contributed by atoms with E-state index in [-0.39, 0.29) is 30.5 Å². The van der Waals surface area contributed by atoms with Gasteiger partial charge in [0.05, 0.1) is 18.5 Å². The van der Waals surface area contributed by atoms with Gasteiger partial charge in [-0.3, -0.25) is 9.59 Å². The van der Waals surface area contributed by atoms with Gasteiger partial charge in [-0.05, 0) is 35.4 Å². The number of benzene rings is 2. The molecule has 2 amide bonds. The largest absolute Gasteiger partial charge is 0.508 e. The number of nitrogens with two attached hydrogens (primary N) is 1. The molecule has 0 spiro atoms. The van der Waals surface area contributed by atoms with E-state index in [1.165, 1.54) is 6.33 Å². The highest BCUT2D eigenvalue weighted by atomic mass is 16.3. The lowest BCUT2D eigenvalue weighted by Crippen LogP contribution is -2.52. The number of phenolic OH excluding ortho intramolecular Hbond substituents is 1. The number of anilines is 1. The Kier molecular flexibility index (Phi) is 4.99. The van der Waals surface area contributed by atoms with Crippen molar-refractivity contribution in [2.45, 2.75) is 13.0 Å². The average molecular weight is 391 g/mol. The standard InChI is InChI=1S/C21H21N5O3/c22-21-17-5-4-15(9-18(17)23-13-24-21)11-25-6-7-26(12-20(25)29)19(28)10-14-2-1-3-16(27)8-14/h1-5,8-9,13,27H,6-7,10-12H2,(H2,22,23,24). The Balaban J connectivity index is 1.39. The molecular formula is C21H21N5O3. The van der Waals surface area contributed by atoms with Gasteiger partial charge in [0.1, 0.15) is 17.9 Å². The Hall–Kier alpha value is -3.68. The molecule has 0 saturated carbocycles. The number of amides is 2. The Bertz CT molecular complexity index is 1080. The number of aromatic hydroxyl groups is 1. The molecule has 0 bridgehead atoms. The van der Waals surface area contributed by atoms with Gasteiger partial charge in [-0.15, -0.1) is 0 Å². The van der Waals surface area contributed by atoms with Crippen LogP contribution in [0, 0.1) is 0 Å². The van der Waals surface area contributed by atoms with Gasteiger partial charge in [0.15, 0.2) is 0 Å². The molecule has 1 aliphatic heterocycles. The molecule has 2 aromatic carbocycles. The van der Waals surface area contributed by atoms with Gasteiger partial charge in [0, 0.05) is 25.0 Å². The molecule has 3 aromatic rings. The minimum Gasteiger partial charge on any atom is -0.508 e. The van der Waals surface area contributed by atoms with E-state index in [4.69, 9.17) is 5.73 Å². The molecule has 1 aromatic heterocycles. The number of fused-ring (bicyclic) bond motifs is 1. The van der Waals surface area contributed by atoms with Crippen LogP contribution in [0.15, 0.2) is 48.8 Å². The van der Waals surface area contributed by atoms with E-state index in [2.05, 4.69) is 9.97 Å². The van der Waals surface area contributed by atoms with Crippen molar-refractivity contribution in [3.8, 4) is 5.75 Å². The zero-order chi connectivity index (χ0) is 20.4. The molecule has 3 N–H and O–H groups in total. The minimum atomic E-state index is -0.124. The Labute approximate surface area is 167 Å². The molecule has 4 rings (SSSR count). The summed E-state index contributed by atoms with van der Waals surface area (Å²) in [6.07, 6.45) is 1.58. The van der Waals surface area contributed by atoms with Crippen molar-refractivity contribution >= 4 is 28.5 Å². The van der Waals surface area contributed by atoms with Crippen molar-refractivity contribution in [1.82, 2.24) is 19.8 Å². The van der Waals surface area contributed by atoms with E-state index in [1.54, 1.807) is 34.1 Å². The van der Waals surface area contributed by atoms with Crippen molar-refractivity contribution in [3.63, 3.8) is 0 Å². The topological polar surface area (TPSA) is 113 Å². The molecule has 0 radical (unpaired) electrons. The Morgan fingerprint density at radius 3 is 2.76 bits per heavy atom. The minimum absolute atomic E-state index is 0.0559. The van der Waals surface area contributed by atoms with Crippen LogP contribution in [-0.2, 0) is 22.6 Å². The van der Waals surface area contributed by atoms with Gasteiger partial charge >= 0.3 is 0 Å². The summed E-state index contributed by atoms with van der Waals surface area (Å²) in [6.45, 7) is 1.45.